The lowest BCUT2D eigenvalue weighted by Gasteiger charge is -2.37. The van der Waals surface area contributed by atoms with Gasteiger partial charge in [0.05, 0.1) is 11.2 Å². The van der Waals surface area contributed by atoms with Gasteiger partial charge in [0.1, 0.15) is 5.01 Å². The summed E-state index contributed by atoms with van der Waals surface area (Å²) in [6, 6.07) is 0.506. The minimum absolute atomic E-state index is 0.0656. The second-order valence-electron chi connectivity index (χ2n) is 6.73. The average molecular weight is 264 g/mol. The number of nitrogens with zero attached hydrogens (tertiary/aromatic N) is 1. The molecule has 0 spiro atoms. The molecule has 2 aliphatic carbocycles. The lowest BCUT2D eigenvalue weighted by Crippen LogP contribution is -2.49. The summed E-state index contributed by atoms with van der Waals surface area (Å²) in [5.41, 5.74) is 1.86. The summed E-state index contributed by atoms with van der Waals surface area (Å²) >= 11 is 1.96. The molecule has 100 valence electrons. The molecular weight excluding hydrogens is 240 g/mol. The van der Waals surface area contributed by atoms with Crippen LogP contribution in [0.3, 0.4) is 0 Å². The van der Waals surface area contributed by atoms with Crippen LogP contribution in [0.25, 0.3) is 0 Å². The number of hydrogen-bond acceptors (Lipinski definition) is 3. The molecule has 1 saturated carbocycles. The standard InChI is InChI=1S/C15H24N2S/c1-10(2)17-15(4,14(3)8-9-14)13-16-11-6-5-7-12(11)18-13/h10,17H,5-9H2,1-4H3. The van der Waals surface area contributed by atoms with E-state index < -0.39 is 0 Å². The molecule has 0 saturated heterocycles. The van der Waals surface area contributed by atoms with Crippen LogP contribution in [0.5, 0.6) is 0 Å². The van der Waals surface area contributed by atoms with Crippen LogP contribution >= 0.6 is 11.3 Å². The van der Waals surface area contributed by atoms with Crippen molar-refractivity contribution in [3.63, 3.8) is 0 Å². The van der Waals surface area contributed by atoms with Crippen molar-refractivity contribution in [2.24, 2.45) is 5.41 Å². The van der Waals surface area contributed by atoms with Gasteiger partial charge in [0.2, 0.25) is 0 Å². The Morgan fingerprint density at radius 1 is 1.33 bits per heavy atom. The maximum Gasteiger partial charge on any atom is 0.114 e. The topological polar surface area (TPSA) is 24.9 Å². The minimum atomic E-state index is 0.0656. The Balaban J connectivity index is 1.97. The highest BCUT2D eigenvalue weighted by atomic mass is 32.1. The predicted molar refractivity (Wildman–Crippen MR) is 77.1 cm³/mol. The van der Waals surface area contributed by atoms with Gasteiger partial charge in [-0.3, -0.25) is 0 Å². The number of hydrogen-bond donors (Lipinski definition) is 1. The third kappa shape index (κ3) is 1.83. The predicted octanol–water partition coefficient (Wildman–Crippen LogP) is 3.65. The zero-order valence-electron chi connectivity index (χ0n) is 12.0. The Hall–Kier alpha value is -0.410. The van der Waals surface area contributed by atoms with Crippen molar-refractivity contribution in [3.05, 3.63) is 15.6 Å². The first-order chi connectivity index (χ1) is 8.45. The lowest BCUT2D eigenvalue weighted by atomic mass is 9.83. The summed E-state index contributed by atoms with van der Waals surface area (Å²) in [6.45, 7) is 9.26. The summed E-state index contributed by atoms with van der Waals surface area (Å²) in [6.07, 6.45) is 6.41. The SMILES string of the molecule is CC(C)NC(C)(c1nc2c(s1)CCC2)C1(C)CC1. The number of fused-ring (bicyclic) bond motifs is 1. The molecule has 1 fully saturated rings. The molecule has 0 aromatic carbocycles. The van der Waals surface area contributed by atoms with E-state index in [1.807, 2.05) is 11.3 Å². The first-order valence-corrected chi connectivity index (χ1v) is 8.03. The van der Waals surface area contributed by atoms with Crippen molar-refractivity contribution in [2.75, 3.05) is 0 Å². The zero-order chi connectivity index (χ0) is 13.0. The van der Waals surface area contributed by atoms with Crippen LogP contribution < -0.4 is 5.32 Å². The monoisotopic (exact) mass is 264 g/mol. The van der Waals surface area contributed by atoms with E-state index in [1.54, 1.807) is 4.88 Å². The highest BCUT2D eigenvalue weighted by molar-refractivity contribution is 7.12. The normalized spacial score (nSPS) is 24.1. The highest BCUT2D eigenvalue weighted by Crippen LogP contribution is 2.58. The van der Waals surface area contributed by atoms with E-state index >= 15 is 0 Å². The molecule has 1 heterocycles. The number of nitrogens with one attached hydrogen (secondary N) is 1. The maximum atomic E-state index is 4.98. The fourth-order valence-corrected chi connectivity index (χ4v) is 4.57. The molecule has 18 heavy (non-hydrogen) atoms. The first-order valence-electron chi connectivity index (χ1n) is 7.21. The lowest BCUT2D eigenvalue weighted by molar-refractivity contribution is 0.208. The van der Waals surface area contributed by atoms with Gasteiger partial charge in [0.25, 0.3) is 0 Å². The average Bonchev–Trinajstić information content (AvgIpc) is 2.74. The van der Waals surface area contributed by atoms with Crippen molar-refractivity contribution in [3.8, 4) is 0 Å². The molecule has 0 amide bonds. The van der Waals surface area contributed by atoms with Gasteiger partial charge in [-0.05, 0) is 58.3 Å². The van der Waals surface area contributed by atoms with E-state index in [1.165, 1.54) is 42.8 Å². The van der Waals surface area contributed by atoms with Gasteiger partial charge < -0.3 is 5.32 Å². The van der Waals surface area contributed by atoms with E-state index in [4.69, 9.17) is 4.98 Å². The molecule has 0 radical (unpaired) electrons. The Labute approximate surface area is 114 Å². The van der Waals surface area contributed by atoms with Crippen LogP contribution in [0.1, 0.15) is 62.5 Å². The summed E-state index contributed by atoms with van der Waals surface area (Å²) in [7, 11) is 0. The fourth-order valence-electron chi connectivity index (χ4n) is 3.16. The molecule has 2 aliphatic rings. The first kappa shape index (κ1) is 12.6. The zero-order valence-corrected chi connectivity index (χ0v) is 12.8. The van der Waals surface area contributed by atoms with Crippen molar-refractivity contribution in [1.29, 1.82) is 0 Å². The van der Waals surface area contributed by atoms with E-state index in [9.17, 15) is 0 Å². The Morgan fingerprint density at radius 2 is 2.06 bits per heavy atom. The number of aromatic nitrogens is 1. The van der Waals surface area contributed by atoms with Gasteiger partial charge in [-0.1, -0.05) is 6.92 Å². The Morgan fingerprint density at radius 3 is 2.61 bits per heavy atom. The Bertz CT molecular complexity index is 438. The Kier molecular flexibility index (Phi) is 2.83. The van der Waals surface area contributed by atoms with Gasteiger partial charge in [-0.15, -0.1) is 11.3 Å². The van der Waals surface area contributed by atoms with E-state index in [-0.39, 0.29) is 5.54 Å². The molecule has 2 nitrogen and oxygen atoms in total. The largest absolute Gasteiger partial charge is 0.303 e. The summed E-state index contributed by atoms with van der Waals surface area (Å²) in [5, 5.41) is 5.15. The van der Waals surface area contributed by atoms with Crippen LogP contribution in [-0.2, 0) is 18.4 Å². The van der Waals surface area contributed by atoms with Crippen LogP contribution in [-0.4, -0.2) is 11.0 Å². The third-order valence-electron chi connectivity index (χ3n) is 4.81. The van der Waals surface area contributed by atoms with Crippen LogP contribution in [0.2, 0.25) is 0 Å². The quantitative estimate of drug-likeness (QED) is 0.898. The maximum absolute atomic E-state index is 4.98. The molecular formula is C15H24N2S. The van der Waals surface area contributed by atoms with E-state index in [0.29, 0.717) is 11.5 Å². The number of aryl methyl sites for hydroxylation is 2. The van der Waals surface area contributed by atoms with Gasteiger partial charge in [-0.2, -0.15) is 0 Å². The second kappa shape index (κ2) is 4.04. The number of rotatable bonds is 4. The van der Waals surface area contributed by atoms with Gasteiger partial charge in [0, 0.05) is 10.9 Å². The molecule has 1 unspecified atom stereocenters. The molecule has 0 bridgehead atoms. The molecule has 3 rings (SSSR count). The summed E-state index contributed by atoms with van der Waals surface area (Å²) in [5.74, 6) is 0. The highest BCUT2D eigenvalue weighted by Gasteiger charge is 2.55. The van der Waals surface area contributed by atoms with Gasteiger partial charge >= 0.3 is 0 Å². The van der Waals surface area contributed by atoms with Crippen LogP contribution in [0, 0.1) is 5.41 Å². The van der Waals surface area contributed by atoms with Crippen molar-refractivity contribution in [2.45, 2.75) is 71.4 Å². The van der Waals surface area contributed by atoms with Crippen LogP contribution in [0.15, 0.2) is 0 Å². The third-order valence-corrected chi connectivity index (χ3v) is 6.19. The summed E-state index contributed by atoms with van der Waals surface area (Å²) in [4.78, 5) is 6.53. The number of thiazole rings is 1. The fraction of sp³-hybridized carbons (Fsp3) is 0.800. The molecule has 1 atom stereocenters. The van der Waals surface area contributed by atoms with Crippen molar-refractivity contribution in [1.82, 2.24) is 10.3 Å². The molecule has 0 aliphatic heterocycles. The summed E-state index contributed by atoms with van der Waals surface area (Å²) < 4.78 is 0. The minimum Gasteiger partial charge on any atom is -0.303 e. The molecule has 1 N–H and O–H groups in total. The van der Waals surface area contributed by atoms with Crippen molar-refractivity contribution >= 4 is 11.3 Å². The van der Waals surface area contributed by atoms with Crippen molar-refractivity contribution < 1.29 is 0 Å². The molecule has 1 aromatic heterocycles. The van der Waals surface area contributed by atoms with Crippen LogP contribution in [0.4, 0.5) is 0 Å². The van der Waals surface area contributed by atoms with E-state index in [0.717, 1.165) is 0 Å². The van der Waals surface area contributed by atoms with Gasteiger partial charge in [-0.25, -0.2) is 4.98 Å². The second-order valence-corrected chi connectivity index (χ2v) is 7.81. The van der Waals surface area contributed by atoms with E-state index in [2.05, 4.69) is 33.0 Å². The van der Waals surface area contributed by atoms with Gasteiger partial charge in [0.15, 0.2) is 0 Å². The smallest absolute Gasteiger partial charge is 0.114 e. The molecule has 1 aromatic rings. The molecule has 3 heteroatoms.